The second kappa shape index (κ2) is 72.0. The Hall–Kier alpha value is -1.94. The third kappa shape index (κ3) is 71.1. The van der Waals surface area contributed by atoms with Gasteiger partial charge in [-0.15, -0.1) is 0 Å². The Balaban J connectivity index is 5.26. The van der Waals surface area contributed by atoms with Crippen molar-refractivity contribution in [3.63, 3.8) is 0 Å². The molecule has 0 aromatic heterocycles. The Labute approximate surface area is 600 Å². The van der Waals surface area contributed by atoms with Gasteiger partial charge >= 0.3 is 39.5 Å². The van der Waals surface area contributed by atoms with E-state index in [0.717, 1.165) is 95.8 Å². The lowest BCUT2D eigenvalue weighted by atomic mass is 9.99. The largest absolute Gasteiger partial charge is 0.472 e. The third-order valence-electron chi connectivity index (χ3n) is 18.9. The van der Waals surface area contributed by atoms with Crippen LogP contribution in [0.2, 0.25) is 0 Å². The van der Waals surface area contributed by atoms with Crippen molar-refractivity contribution < 1.29 is 80.2 Å². The minimum Gasteiger partial charge on any atom is -0.462 e. The molecule has 98 heavy (non-hydrogen) atoms. The fraction of sp³-hybridized carbons (Fsp3) is 0.949. The van der Waals surface area contributed by atoms with Gasteiger partial charge in [0.25, 0.3) is 0 Å². The molecule has 0 aliphatic carbocycles. The number of ether oxygens (including phenoxy) is 4. The minimum absolute atomic E-state index is 0.108. The molecule has 0 fully saturated rings. The predicted octanol–water partition coefficient (Wildman–Crippen LogP) is 23.6. The molecule has 0 rings (SSSR count). The number of hydrogen-bond donors (Lipinski definition) is 3. The van der Waals surface area contributed by atoms with Gasteiger partial charge in [0.15, 0.2) is 12.2 Å². The van der Waals surface area contributed by atoms with Gasteiger partial charge in [-0.1, -0.05) is 369 Å². The lowest BCUT2D eigenvalue weighted by molar-refractivity contribution is -0.161. The van der Waals surface area contributed by atoms with Gasteiger partial charge in [-0.05, 0) is 31.6 Å². The van der Waals surface area contributed by atoms with Gasteiger partial charge in [0, 0.05) is 25.7 Å². The van der Waals surface area contributed by atoms with E-state index in [1.54, 1.807) is 0 Å². The first-order valence-electron chi connectivity index (χ1n) is 41.2. The van der Waals surface area contributed by atoms with Crippen LogP contribution in [-0.2, 0) is 65.4 Å². The lowest BCUT2D eigenvalue weighted by Gasteiger charge is -2.21. The molecule has 0 bridgehead atoms. The highest BCUT2D eigenvalue weighted by Gasteiger charge is 2.30. The molecule has 0 aliphatic rings. The van der Waals surface area contributed by atoms with Crippen molar-refractivity contribution in [3.8, 4) is 0 Å². The SMILES string of the molecule is CCCCCCCCCCCCCCCCCCCCC(=O)O[C@H](COC(=O)CCCCCCCCCCCCCCCC)COP(=O)(O)OC[C@@H](O)COP(=O)(O)OC[C@@H](COC(=O)CCCCCCCCCCC(C)CC)OC(=O)CCCCCCCCCCCCCCCC. The summed E-state index contributed by atoms with van der Waals surface area (Å²) in [6.07, 6.45) is 62.2. The topological polar surface area (TPSA) is 237 Å². The highest BCUT2D eigenvalue weighted by Crippen LogP contribution is 2.45. The molecule has 0 amide bonds. The number of aliphatic hydroxyl groups excluding tert-OH is 1. The Morgan fingerprint density at radius 1 is 0.286 bits per heavy atom. The number of rotatable bonds is 79. The van der Waals surface area contributed by atoms with Crippen molar-refractivity contribution in [2.75, 3.05) is 39.6 Å². The maximum Gasteiger partial charge on any atom is 0.472 e. The number of aliphatic hydroxyl groups is 1. The predicted molar refractivity (Wildman–Crippen MR) is 400 cm³/mol. The number of hydrogen-bond acceptors (Lipinski definition) is 15. The first-order valence-corrected chi connectivity index (χ1v) is 44.2. The zero-order valence-corrected chi connectivity index (χ0v) is 65.7. The maximum atomic E-state index is 13.1. The average molecular weight is 1440 g/mol. The molecule has 0 saturated carbocycles. The number of carbonyl (C=O) groups is 4. The van der Waals surface area contributed by atoms with Crippen molar-refractivity contribution in [1.82, 2.24) is 0 Å². The Morgan fingerprint density at radius 2 is 0.490 bits per heavy atom. The minimum atomic E-state index is -4.96. The molecular weight excluding hydrogens is 1280 g/mol. The van der Waals surface area contributed by atoms with Crippen LogP contribution in [0.5, 0.6) is 0 Å². The van der Waals surface area contributed by atoms with Crippen molar-refractivity contribution in [2.24, 2.45) is 5.92 Å². The summed E-state index contributed by atoms with van der Waals surface area (Å²) < 4.78 is 68.7. The van der Waals surface area contributed by atoms with Gasteiger partial charge in [-0.3, -0.25) is 37.3 Å². The van der Waals surface area contributed by atoms with E-state index in [4.69, 9.17) is 37.0 Å². The van der Waals surface area contributed by atoms with Crippen LogP contribution >= 0.6 is 15.6 Å². The molecule has 0 aromatic carbocycles. The van der Waals surface area contributed by atoms with Crippen LogP contribution in [0, 0.1) is 5.92 Å². The van der Waals surface area contributed by atoms with Gasteiger partial charge in [0.1, 0.15) is 19.3 Å². The van der Waals surface area contributed by atoms with Crippen molar-refractivity contribution in [3.05, 3.63) is 0 Å². The summed E-state index contributed by atoms with van der Waals surface area (Å²) >= 11 is 0. The summed E-state index contributed by atoms with van der Waals surface area (Å²) in [4.78, 5) is 73.0. The van der Waals surface area contributed by atoms with Crippen LogP contribution in [0.3, 0.4) is 0 Å². The second-order valence-electron chi connectivity index (χ2n) is 28.7. The van der Waals surface area contributed by atoms with Crippen LogP contribution in [-0.4, -0.2) is 96.7 Å². The lowest BCUT2D eigenvalue weighted by Crippen LogP contribution is -2.30. The van der Waals surface area contributed by atoms with Crippen molar-refractivity contribution in [2.45, 2.75) is 438 Å². The molecule has 6 atom stereocenters. The van der Waals surface area contributed by atoms with E-state index in [-0.39, 0.29) is 25.7 Å². The van der Waals surface area contributed by atoms with Crippen LogP contribution in [0.4, 0.5) is 0 Å². The number of esters is 4. The summed E-state index contributed by atoms with van der Waals surface area (Å²) in [5, 5.41) is 10.6. The van der Waals surface area contributed by atoms with Gasteiger partial charge in [-0.2, -0.15) is 0 Å². The molecule has 0 heterocycles. The van der Waals surface area contributed by atoms with Gasteiger partial charge in [0.05, 0.1) is 26.4 Å². The highest BCUT2D eigenvalue weighted by molar-refractivity contribution is 7.47. The molecule has 0 aliphatic heterocycles. The Kier molecular flexibility index (Phi) is 70.6. The van der Waals surface area contributed by atoms with E-state index in [2.05, 4.69) is 34.6 Å². The summed E-state index contributed by atoms with van der Waals surface area (Å²) in [6, 6.07) is 0. The molecule has 19 heteroatoms. The number of unbranched alkanes of at least 4 members (excludes halogenated alkanes) is 50. The van der Waals surface area contributed by atoms with Crippen LogP contribution < -0.4 is 0 Å². The van der Waals surface area contributed by atoms with Gasteiger partial charge < -0.3 is 33.8 Å². The van der Waals surface area contributed by atoms with Crippen LogP contribution in [0.15, 0.2) is 0 Å². The van der Waals surface area contributed by atoms with Crippen molar-refractivity contribution in [1.29, 1.82) is 0 Å². The third-order valence-corrected chi connectivity index (χ3v) is 20.8. The number of carbonyl (C=O) groups excluding carboxylic acids is 4. The Morgan fingerprint density at radius 3 is 0.724 bits per heavy atom. The monoisotopic (exact) mass is 1440 g/mol. The second-order valence-corrected chi connectivity index (χ2v) is 31.6. The van der Waals surface area contributed by atoms with E-state index < -0.39 is 97.5 Å². The smallest absolute Gasteiger partial charge is 0.462 e. The summed E-state index contributed by atoms with van der Waals surface area (Å²) in [5.41, 5.74) is 0. The molecular formula is C79H154O17P2. The van der Waals surface area contributed by atoms with Crippen LogP contribution in [0.25, 0.3) is 0 Å². The van der Waals surface area contributed by atoms with Crippen molar-refractivity contribution >= 4 is 39.5 Å². The number of phosphoric ester groups is 2. The molecule has 3 N–H and O–H groups in total. The van der Waals surface area contributed by atoms with E-state index in [1.807, 2.05) is 0 Å². The summed E-state index contributed by atoms with van der Waals surface area (Å²) in [5.74, 6) is -1.33. The first-order chi connectivity index (χ1) is 47.6. The fourth-order valence-corrected chi connectivity index (χ4v) is 13.8. The zero-order valence-electron chi connectivity index (χ0n) is 63.9. The molecule has 0 radical (unpaired) electrons. The van der Waals surface area contributed by atoms with Crippen LogP contribution in [0.1, 0.15) is 420 Å². The standard InChI is InChI=1S/C79H154O17P2/c1-6-10-13-16-19-22-25-28-31-32-33-34-37-40-43-50-55-60-65-79(84)95-74(68-89-76(81)62-57-52-47-41-38-35-29-26-23-20-17-14-11-7-2)70-93-97(85,86)91-66-73(80)67-92-98(87,88)94-71-75(69-90-77(82)63-58-53-48-45-44-46-51-56-61-72(5)9-4)96-78(83)64-59-54-49-42-39-36-30-27-24-21-18-15-12-8-3/h72-75,80H,6-71H2,1-5H3,(H,85,86)(H,87,88)/t72?,73-,74-,75-/m1/s1. The molecule has 0 saturated heterocycles. The van der Waals surface area contributed by atoms with E-state index in [0.29, 0.717) is 25.7 Å². The molecule has 582 valence electrons. The van der Waals surface area contributed by atoms with E-state index >= 15 is 0 Å². The fourth-order valence-electron chi connectivity index (χ4n) is 12.2. The summed E-state index contributed by atoms with van der Waals surface area (Å²) in [6.45, 7) is 7.33. The molecule has 0 aromatic rings. The van der Waals surface area contributed by atoms with E-state index in [9.17, 15) is 43.2 Å². The normalized spacial score (nSPS) is 14.2. The zero-order chi connectivity index (χ0) is 71.9. The molecule has 0 spiro atoms. The first kappa shape index (κ1) is 96.1. The quantitative estimate of drug-likeness (QED) is 0.0222. The Bertz CT molecular complexity index is 1880. The van der Waals surface area contributed by atoms with E-state index in [1.165, 1.54) is 244 Å². The molecule has 3 unspecified atom stereocenters. The molecule has 17 nitrogen and oxygen atoms in total. The van der Waals surface area contributed by atoms with Gasteiger partial charge in [-0.25, -0.2) is 9.13 Å². The maximum absolute atomic E-state index is 13.1. The number of phosphoric acid groups is 2. The summed E-state index contributed by atoms with van der Waals surface area (Å²) in [7, 11) is -9.92. The average Bonchev–Trinajstić information content (AvgIpc) is 1.18. The highest BCUT2D eigenvalue weighted by atomic mass is 31.2. The van der Waals surface area contributed by atoms with Gasteiger partial charge in [0.2, 0.25) is 0 Å².